The van der Waals surface area contributed by atoms with Crippen molar-refractivity contribution in [3.63, 3.8) is 0 Å². The summed E-state index contributed by atoms with van der Waals surface area (Å²) in [5.41, 5.74) is 5.45. The van der Waals surface area contributed by atoms with Gasteiger partial charge in [0, 0.05) is 14.2 Å². The minimum atomic E-state index is -0.115. The molecule has 0 saturated heterocycles. The summed E-state index contributed by atoms with van der Waals surface area (Å²) in [6.07, 6.45) is 0. The molecule has 1 aromatic rings. The van der Waals surface area contributed by atoms with Crippen molar-refractivity contribution in [3.05, 3.63) is 4.91 Å². The van der Waals surface area contributed by atoms with Gasteiger partial charge < -0.3 is 25.3 Å². The summed E-state index contributed by atoms with van der Waals surface area (Å²) in [6.45, 7) is 1.52. The quantitative estimate of drug-likeness (QED) is 0.493. The summed E-state index contributed by atoms with van der Waals surface area (Å²) in [7, 11) is 3.21. The average Bonchev–Trinajstić information content (AvgIpc) is 2.42. The van der Waals surface area contributed by atoms with E-state index >= 15 is 0 Å². The number of rotatable bonds is 9. The second-order valence-electron chi connectivity index (χ2n) is 3.38. The topological polar surface area (TPSA) is 121 Å². The van der Waals surface area contributed by atoms with E-state index in [4.69, 9.17) is 19.9 Å². The maximum Gasteiger partial charge on any atom is 0.250 e. The Bertz CT molecular complexity index is 415. The molecule has 1 aromatic heterocycles. The van der Waals surface area contributed by atoms with Crippen LogP contribution in [0.15, 0.2) is 5.18 Å². The molecule has 1 heterocycles. The van der Waals surface area contributed by atoms with Crippen LogP contribution in [0.2, 0.25) is 0 Å². The van der Waals surface area contributed by atoms with Crippen LogP contribution < -0.4 is 15.8 Å². The first-order valence-corrected chi connectivity index (χ1v) is 5.61. The van der Waals surface area contributed by atoms with E-state index in [0.717, 1.165) is 0 Å². The summed E-state index contributed by atoms with van der Waals surface area (Å²) in [5.74, 6) is 0.243. The third-order valence-corrected chi connectivity index (χ3v) is 2.09. The van der Waals surface area contributed by atoms with Crippen LogP contribution in [0.5, 0.6) is 5.88 Å². The van der Waals surface area contributed by atoms with Crippen LogP contribution in [-0.4, -0.2) is 50.6 Å². The standard InChI is InChI=1S/C10H17N5O4/c1-12-10-13-8(11)7(15-16)9(14-10)19-6-5-18-4-3-17-2/h3-6H2,1-2H3,(H3,11,12,13,14). The Morgan fingerprint density at radius 1 is 1.26 bits per heavy atom. The Kier molecular flexibility index (Phi) is 6.47. The lowest BCUT2D eigenvalue weighted by Crippen LogP contribution is -2.11. The molecule has 0 aliphatic carbocycles. The molecule has 0 atom stereocenters. The number of nitrogen functional groups attached to an aromatic ring is 1. The molecule has 106 valence electrons. The zero-order valence-electron chi connectivity index (χ0n) is 10.9. The van der Waals surface area contributed by atoms with Gasteiger partial charge in [-0.15, -0.1) is 4.91 Å². The lowest BCUT2D eigenvalue weighted by atomic mass is 10.4. The second kappa shape index (κ2) is 8.16. The smallest absolute Gasteiger partial charge is 0.250 e. The van der Waals surface area contributed by atoms with E-state index in [0.29, 0.717) is 19.8 Å². The minimum Gasteiger partial charge on any atom is -0.473 e. The molecule has 0 spiro atoms. The molecule has 1 rings (SSSR count). The van der Waals surface area contributed by atoms with E-state index in [9.17, 15) is 4.91 Å². The molecule has 0 saturated carbocycles. The number of anilines is 2. The number of hydrogen-bond acceptors (Lipinski definition) is 9. The molecule has 0 amide bonds. The minimum absolute atomic E-state index is 0.0298. The van der Waals surface area contributed by atoms with E-state index in [-0.39, 0.29) is 29.9 Å². The number of nitrogens with two attached hydrogens (primary N) is 1. The highest BCUT2D eigenvalue weighted by Crippen LogP contribution is 2.31. The van der Waals surface area contributed by atoms with Crippen molar-refractivity contribution < 1.29 is 14.2 Å². The number of ether oxygens (including phenoxy) is 3. The summed E-state index contributed by atoms with van der Waals surface area (Å²) < 4.78 is 15.3. The van der Waals surface area contributed by atoms with Crippen molar-refractivity contribution >= 4 is 17.5 Å². The van der Waals surface area contributed by atoms with Crippen molar-refractivity contribution in [2.24, 2.45) is 5.18 Å². The zero-order chi connectivity index (χ0) is 14.1. The molecule has 0 unspecified atom stereocenters. The Morgan fingerprint density at radius 2 is 2.00 bits per heavy atom. The molecule has 19 heavy (non-hydrogen) atoms. The molecule has 9 heteroatoms. The Labute approximate surface area is 110 Å². The average molecular weight is 271 g/mol. The Balaban J connectivity index is 2.56. The van der Waals surface area contributed by atoms with Gasteiger partial charge in [-0.2, -0.15) is 9.97 Å². The largest absolute Gasteiger partial charge is 0.473 e. The molecule has 0 aliphatic heterocycles. The Hall–Kier alpha value is -2.00. The Morgan fingerprint density at radius 3 is 2.63 bits per heavy atom. The molecule has 3 N–H and O–H groups in total. The van der Waals surface area contributed by atoms with Crippen molar-refractivity contribution in [2.45, 2.75) is 0 Å². The third kappa shape index (κ3) is 4.64. The maximum atomic E-state index is 10.7. The molecule has 0 aromatic carbocycles. The fraction of sp³-hybridized carbons (Fsp3) is 0.600. The predicted octanol–water partition coefficient (Wildman–Crippen LogP) is 0.540. The number of nitroso groups, excluding NO2 is 1. The highest BCUT2D eigenvalue weighted by Gasteiger charge is 2.14. The lowest BCUT2D eigenvalue weighted by Gasteiger charge is -2.09. The van der Waals surface area contributed by atoms with Crippen LogP contribution >= 0.6 is 0 Å². The van der Waals surface area contributed by atoms with Gasteiger partial charge in [-0.3, -0.25) is 0 Å². The summed E-state index contributed by atoms with van der Waals surface area (Å²) in [5, 5.41) is 5.46. The van der Waals surface area contributed by atoms with Gasteiger partial charge in [0.2, 0.25) is 11.6 Å². The van der Waals surface area contributed by atoms with Gasteiger partial charge in [0.05, 0.1) is 19.8 Å². The molecule has 0 radical (unpaired) electrons. The van der Waals surface area contributed by atoms with Gasteiger partial charge in [-0.1, -0.05) is 0 Å². The van der Waals surface area contributed by atoms with Gasteiger partial charge in [0.1, 0.15) is 6.61 Å². The van der Waals surface area contributed by atoms with Crippen LogP contribution in [0.1, 0.15) is 0 Å². The highest BCUT2D eigenvalue weighted by atomic mass is 16.5. The molecule has 0 bridgehead atoms. The normalized spacial score (nSPS) is 10.2. The number of nitrogens with zero attached hydrogens (tertiary/aromatic N) is 3. The molecule has 0 fully saturated rings. The van der Waals surface area contributed by atoms with Crippen molar-refractivity contribution in [1.29, 1.82) is 0 Å². The van der Waals surface area contributed by atoms with E-state index in [2.05, 4.69) is 20.5 Å². The summed E-state index contributed by atoms with van der Waals surface area (Å²) in [4.78, 5) is 18.4. The van der Waals surface area contributed by atoms with Gasteiger partial charge in [-0.05, 0) is 5.18 Å². The van der Waals surface area contributed by atoms with Crippen LogP contribution in [0, 0.1) is 4.91 Å². The first-order chi connectivity index (χ1) is 9.22. The second-order valence-corrected chi connectivity index (χ2v) is 3.38. The lowest BCUT2D eigenvalue weighted by molar-refractivity contribution is 0.0538. The van der Waals surface area contributed by atoms with Crippen molar-refractivity contribution in [2.75, 3.05) is 51.6 Å². The first kappa shape index (κ1) is 15.1. The highest BCUT2D eigenvalue weighted by molar-refractivity contribution is 5.65. The number of hydrogen-bond donors (Lipinski definition) is 2. The van der Waals surface area contributed by atoms with Crippen molar-refractivity contribution in [3.8, 4) is 5.88 Å². The molecule has 0 aliphatic rings. The van der Waals surface area contributed by atoms with E-state index < -0.39 is 0 Å². The van der Waals surface area contributed by atoms with Crippen LogP contribution in [0.25, 0.3) is 0 Å². The molecule has 9 nitrogen and oxygen atoms in total. The zero-order valence-corrected chi connectivity index (χ0v) is 10.9. The van der Waals surface area contributed by atoms with Crippen LogP contribution in [0.4, 0.5) is 17.5 Å². The van der Waals surface area contributed by atoms with Crippen LogP contribution in [0.3, 0.4) is 0 Å². The summed E-state index contributed by atoms with van der Waals surface area (Å²) in [6, 6.07) is 0. The van der Waals surface area contributed by atoms with Gasteiger partial charge in [-0.25, -0.2) is 0 Å². The van der Waals surface area contributed by atoms with Gasteiger partial charge in [0.25, 0.3) is 5.88 Å². The van der Waals surface area contributed by atoms with E-state index in [1.54, 1.807) is 14.2 Å². The van der Waals surface area contributed by atoms with E-state index in [1.165, 1.54) is 0 Å². The fourth-order valence-electron chi connectivity index (χ4n) is 1.19. The monoisotopic (exact) mass is 271 g/mol. The van der Waals surface area contributed by atoms with E-state index in [1.807, 2.05) is 0 Å². The molecular weight excluding hydrogens is 254 g/mol. The van der Waals surface area contributed by atoms with Gasteiger partial charge in [0.15, 0.2) is 5.82 Å². The number of nitrogens with one attached hydrogen (secondary N) is 1. The number of aromatic nitrogens is 2. The summed E-state index contributed by atoms with van der Waals surface area (Å²) >= 11 is 0. The maximum absolute atomic E-state index is 10.7. The SMILES string of the molecule is CNc1nc(N)c(N=O)c(OCCOCCOC)n1. The third-order valence-electron chi connectivity index (χ3n) is 2.09. The van der Waals surface area contributed by atoms with Crippen molar-refractivity contribution in [1.82, 2.24) is 9.97 Å². The van der Waals surface area contributed by atoms with Gasteiger partial charge >= 0.3 is 0 Å². The first-order valence-electron chi connectivity index (χ1n) is 5.61. The number of methoxy groups -OCH3 is 1. The molecular formula is C10H17N5O4. The predicted molar refractivity (Wildman–Crippen MR) is 69.6 cm³/mol. The fourth-order valence-corrected chi connectivity index (χ4v) is 1.19. The van der Waals surface area contributed by atoms with Crippen LogP contribution in [-0.2, 0) is 9.47 Å².